The Hall–Kier alpha value is -0.0800. The highest BCUT2D eigenvalue weighted by Gasteiger charge is 2.28. The first-order chi connectivity index (χ1) is 6.31. The molecule has 0 radical (unpaired) electrons. The molecule has 86 valence electrons. The highest BCUT2D eigenvalue weighted by Crippen LogP contribution is 2.22. The van der Waals surface area contributed by atoms with Gasteiger partial charge in [0.05, 0.1) is 0 Å². The van der Waals surface area contributed by atoms with E-state index < -0.39 is 0 Å². The van der Waals surface area contributed by atoms with Crippen molar-refractivity contribution in [3.05, 3.63) is 0 Å². The number of hydrogen-bond donors (Lipinski definition) is 1. The molecule has 0 bridgehead atoms. The molecule has 2 nitrogen and oxygen atoms in total. The molecule has 0 aliphatic rings. The van der Waals surface area contributed by atoms with Gasteiger partial charge in [0.1, 0.15) is 0 Å². The maximum atomic E-state index is 5.89. The van der Waals surface area contributed by atoms with Gasteiger partial charge in [0, 0.05) is 18.6 Å². The normalized spacial score (nSPS) is 16.7. The van der Waals surface area contributed by atoms with Crippen molar-refractivity contribution in [1.29, 1.82) is 0 Å². The fourth-order valence-corrected chi connectivity index (χ4v) is 2.04. The van der Waals surface area contributed by atoms with Crippen molar-refractivity contribution < 1.29 is 0 Å². The molecule has 0 amide bonds. The summed E-state index contributed by atoms with van der Waals surface area (Å²) in [6, 6.07) is 0. The summed E-state index contributed by atoms with van der Waals surface area (Å²) < 4.78 is 0. The van der Waals surface area contributed by atoms with E-state index in [2.05, 4.69) is 46.6 Å². The van der Waals surface area contributed by atoms with Crippen LogP contribution < -0.4 is 5.73 Å². The second kappa shape index (κ2) is 5.72. The van der Waals surface area contributed by atoms with Crippen LogP contribution in [0.4, 0.5) is 0 Å². The summed E-state index contributed by atoms with van der Waals surface area (Å²) in [5.41, 5.74) is 6.06. The maximum absolute atomic E-state index is 5.89. The average molecular weight is 200 g/mol. The van der Waals surface area contributed by atoms with Gasteiger partial charge in [0.2, 0.25) is 0 Å². The fraction of sp³-hybridized carbons (Fsp3) is 1.00. The minimum Gasteiger partial charge on any atom is -0.329 e. The van der Waals surface area contributed by atoms with Crippen LogP contribution in [0.3, 0.4) is 0 Å². The van der Waals surface area contributed by atoms with Crippen LogP contribution in [0.25, 0.3) is 0 Å². The van der Waals surface area contributed by atoms with Crippen LogP contribution in [0.5, 0.6) is 0 Å². The monoisotopic (exact) mass is 200 g/mol. The molecule has 0 aliphatic carbocycles. The zero-order chi connectivity index (χ0) is 11.4. The van der Waals surface area contributed by atoms with Crippen molar-refractivity contribution in [3.8, 4) is 0 Å². The summed E-state index contributed by atoms with van der Waals surface area (Å²) in [5, 5.41) is 0. The van der Waals surface area contributed by atoms with Gasteiger partial charge in [-0.2, -0.15) is 0 Å². The first-order valence-corrected chi connectivity index (χ1v) is 5.73. The minimum absolute atomic E-state index is 0.165. The van der Waals surface area contributed by atoms with E-state index in [0.717, 1.165) is 13.1 Å². The van der Waals surface area contributed by atoms with Gasteiger partial charge >= 0.3 is 0 Å². The third kappa shape index (κ3) is 4.43. The zero-order valence-corrected chi connectivity index (χ0v) is 10.8. The number of hydrogen-bond acceptors (Lipinski definition) is 2. The molecule has 1 atom stereocenters. The predicted molar refractivity (Wildman–Crippen MR) is 64.4 cm³/mol. The summed E-state index contributed by atoms with van der Waals surface area (Å²) in [4.78, 5) is 2.41. The lowest BCUT2D eigenvalue weighted by atomic mass is 9.89. The van der Waals surface area contributed by atoms with E-state index in [-0.39, 0.29) is 5.54 Å². The van der Waals surface area contributed by atoms with Crippen LogP contribution >= 0.6 is 0 Å². The van der Waals surface area contributed by atoms with Gasteiger partial charge in [-0.3, -0.25) is 4.90 Å². The quantitative estimate of drug-likeness (QED) is 0.713. The molecule has 0 heterocycles. The van der Waals surface area contributed by atoms with Gasteiger partial charge in [-0.05, 0) is 32.2 Å². The van der Waals surface area contributed by atoms with Crippen molar-refractivity contribution in [3.63, 3.8) is 0 Å². The Morgan fingerprint density at radius 3 is 1.93 bits per heavy atom. The molecule has 2 heteroatoms. The molecule has 0 aromatic heterocycles. The van der Waals surface area contributed by atoms with Crippen molar-refractivity contribution >= 4 is 0 Å². The lowest BCUT2D eigenvalue weighted by Gasteiger charge is -2.40. The maximum Gasteiger partial charge on any atom is 0.0303 e. The Balaban J connectivity index is 4.34. The van der Waals surface area contributed by atoms with E-state index in [4.69, 9.17) is 5.73 Å². The molecule has 1 unspecified atom stereocenters. The van der Waals surface area contributed by atoms with Gasteiger partial charge in [-0.25, -0.2) is 0 Å². The first kappa shape index (κ1) is 13.9. The van der Waals surface area contributed by atoms with E-state index in [9.17, 15) is 0 Å². The smallest absolute Gasteiger partial charge is 0.0303 e. The number of nitrogens with two attached hydrogens (primary N) is 1. The van der Waals surface area contributed by atoms with Gasteiger partial charge < -0.3 is 5.73 Å². The summed E-state index contributed by atoms with van der Waals surface area (Å²) in [6.07, 6.45) is 1.17. The van der Waals surface area contributed by atoms with Crippen LogP contribution in [-0.4, -0.2) is 30.6 Å². The molecule has 0 aromatic carbocycles. The van der Waals surface area contributed by atoms with Gasteiger partial charge in [0.15, 0.2) is 0 Å². The number of likely N-dealkylation sites (N-methyl/N-ethyl adjacent to an activating group) is 1. The van der Waals surface area contributed by atoms with E-state index in [0.29, 0.717) is 11.8 Å². The van der Waals surface area contributed by atoms with E-state index in [1.54, 1.807) is 0 Å². The lowest BCUT2D eigenvalue weighted by Crippen LogP contribution is -2.51. The molecule has 0 spiro atoms. The minimum atomic E-state index is 0.165. The highest BCUT2D eigenvalue weighted by atomic mass is 15.2. The highest BCUT2D eigenvalue weighted by molar-refractivity contribution is 4.86. The SMILES string of the molecule is CC(C)CN(C)C(C)(CN)CC(C)C. The van der Waals surface area contributed by atoms with E-state index in [1.807, 2.05) is 0 Å². The Bertz CT molecular complexity index is 154. The van der Waals surface area contributed by atoms with Crippen molar-refractivity contribution in [2.75, 3.05) is 20.1 Å². The second-order valence-electron chi connectivity index (χ2n) is 5.57. The topological polar surface area (TPSA) is 29.3 Å². The molecule has 0 fully saturated rings. The number of nitrogens with zero attached hydrogens (tertiary/aromatic N) is 1. The van der Waals surface area contributed by atoms with Crippen LogP contribution in [-0.2, 0) is 0 Å². The van der Waals surface area contributed by atoms with Crippen molar-refractivity contribution in [1.82, 2.24) is 4.90 Å². The Labute approximate surface area is 89.9 Å². The standard InChI is InChI=1S/C12H28N2/c1-10(2)7-12(5,9-13)14(6)8-11(3)4/h10-11H,7-9,13H2,1-6H3. The molecule has 0 aromatic rings. The second-order valence-corrected chi connectivity index (χ2v) is 5.57. The Morgan fingerprint density at radius 2 is 1.64 bits per heavy atom. The molecule has 0 aliphatic heterocycles. The molecule has 14 heavy (non-hydrogen) atoms. The molecule has 0 rings (SSSR count). The molecular weight excluding hydrogens is 172 g/mol. The summed E-state index contributed by atoms with van der Waals surface area (Å²) in [7, 11) is 2.19. The first-order valence-electron chi connectivity index (χ1n) is 5.73. The molecule has 0 saturated heterocycles. The van der Waals surface area contributed by atoms with Gasteiger partial charge in [0.25, 0.3) is 0 Å². The largest absolute Gasteiger partial charge is 0.329 e. The Kier molecular flexibility index (Phi) is 5.68. The van der Waals surface area contributed by atoms with Crippen molar-refractivity contribution in [2.24, 2.45) is 17.6 Å². The average Bonchev–Trinajstić information content (AvgIpc) is 2.01. The molecule has 0 saturated carbocycles. The third-order valence-electron chi connectivity index (χ3n) is 2.85. The summed E-state index contributed by atoms with van der Waals surface area (Å²) in [6.45, 7) is 13.2. The van der Waals surface area contributed by atoms with Crippen LogP contribution in [0, 0.1) is 11.8 Å². The van der Waals surface area contributed by atoms with Gasteiger partial charge in [-0.1, -0.05) is 27.7 Å². The Morgan fingerprint density at radius 1 is 1.14 bits per heavy atom. The third-order valence-corrected chi connectivity index (χ3v) is 2.85. The van der Waals surface area contributed by atoms with Crippen molar-refractivity contribution in [2.45, 2.75) is 46.6 Å². The lowest BCUT2D eigenvalue weighted by molar-refractivity contribution is 0.106. The fourth-order valence-electron chi connectivity index (χ4n) is 2.04. The van der Waals surface area contributed by atoms with Crippen LogP contribution in [0.1, 0.15) is 41.0 Å². The zero-order valence-electron chi connectivity index (χ0n) is 10.8. The molecule has 2 N–H and O–H groups in total. The van der Waals surface area contributed by atoms with Crippen LogP contribution in [0.2, 0.25) is 0 Å². The number of rotatable bonds is 6. The van der Waals surface area contributed by atoms with E-state index in [1.165, 1.54) is 6.42 Å². The van der Waals surface area contributed by atoms with E-state index >= 15 is 0 Å². The van der Waals surface area contributed by atoms with Crippen LogP contribution in [0.15, 0.2) is 0 Å². The van der Waals surface area contributed by atoms with Gasteiger partial charge in [-0.15, -0.1) is 0 Å². The molecular formula is C12H28N2. The predicted octanol–water partition coefficient (Wildman–Crippen LogP) is 2.34. The summed E-state index contributed by atoms with van der Waals surface area (Å²) >= 11 is 0. The summed E-state index contributed by atoms with van der Waals surface area (Å²) in [5.74, 6) is 1.41.